The van der Waals surface area contributed by atoms with Crippen molar-refractivity contribution in [3.63, 3.8) is 0 Å². The molecule has 1 amide bonds. The minimum absolute atomic E-state index is 0.0760. The molecule has 0 bridgehead atoms. The van der Waals surface area contributed by atoms with Crippen LogP contribution in [0.5, 0.6) is 5.75 Å². The maximum absolute atomic E-state index is 12.7. The summed E-state index contributed by atoms with van der Waals surface area (Å²) in [6, 6.07) is 5.74. The van der Waals surface area contributed by atoms with E-state index in [2.05, 4.69) is 11.8 Å². The van der Waals surface area contributed by atoms with Gasteiger partial charge in [-0.3, -0.25) is 9.69 Å². The average molecular weight is 291 g/mol. The summed E-state index contributed by atoms with van der Waals surface area (Å²) in [4.78, 5) is 16.9. The smallest absolute Gasteiger partial charge is 0.259 e. The number of hydrogen-bond acceptors (Lipinski definition) is 4. The van der Waals surface area contributed by atoms with E-state index in [4.69, 9.17) is 10.5 Å². The van der Waals surface area contributed by atoms with Crippen molar-refractivity contribution in [1.29, 1.82) is 0 Å². The summed E-state index contributed by atoms with van der Waals surface area (Å²) in [7, 11) is 3.39. The molecule has 21 heavy (non-hydrogen) atoms. The Morgan fingerprint density at radius 2 is 2.29 bits per heavy atom. The molecular weight excluding hydrogens is 266 g/mol. The number of amides is 1. The summed E-state index contributed by atoms with van der Waals surface area (Å²) in [6.07, 6.45) is 2.35. The zero-order valence-electron chi connectivity index (χ0n) is 13.1. The molecule has 1 aliphatic heterocycles. The van der Waals surface area contributed by atoms with Gasteiger partial charge in [0.1, 0.15) is 11.3 Å². The van der Waals surface area contributed by atoms with Crippen molar-refractivity contribution in [2.24, 2.45) is 0 Å². The first kappa shape index (κ1) is 15.6. The summed E-state index contributed by atoms with van der Waals surface area (Å²) < 4.78 is 5.27. The zero-order valence-corrected chi connectivity index (χ0v) is 13.1. The van der Waals surface area contributed by atoms with E-state index in [9.17, 15) is 4.79 Å². The molecule has 116 valence electrons. The third kappa shape index (κ3) is 3.29. The number of rotatable bonds is 5. The van der Waals surface area contributed by atoms with E-state index in [0.29, 0.717) is 23.0 Å². The number of likely N-dealkylation sites (N-methyl/N-ethyl adjacent to an activating group) is 2. The van der Waals surface area contributed by atoms with Crippen molar-refractivity contribution in [2.75, 3.05) is 39.5 Å². The van der Waals surface area contributed by atoms with E-state index in [1.165, 1.54) is 6.42 Å². The Bertz CT molecular complexity index is 504. The van der Waals surface area contributed by atoms with E-state index in [1.54, 1.807) is 30.2 Å². The van der Waals surface area contributed by atoms with Gasteiger partial charge < -0.3 is 15.4 Å². The molecule has 0 saturated carbocycles. The lowest BCUT2D eigenvalue weighted by atomic mass is 10.1. The molecule has 2 N–H and O–H groups in total. The fraction of sp³-hybridized carbons (Fsp3) is 0.562. The Balaban J connectivity index is 2.13. The van der Waals surface area contributed by atoms with Crippen molar-refractivity contribution in [1.82, 2.24) is 9.80 Å². The fourth-order valence-corrected chi connectivity index (χ4v) is 3.06. The van der Waals surface area contributed by atoms with Crippen LogP contribution in [0.2, 0.25) is 0 Å². The van der Waals surface area contributed by atoms with E-state index >= 15 is 0 Å². The molecule has 5 heteroatoms. The number of likely N-dealkylation sites (tertiary alicyclic amines) is 1. The second kappa shape index (κ2) is 6.80. The number of benzene rings is 1. The van der Waals surface area contributed by atoms with E-state index in [-0.39, 0.29) is 5.91 Å². The highest BCUT2D eigenvalue weighted by molar-refractivity contribution is 6.01. The molecule has 0 aromatic heterocycles. The highest BCUT2D eigenvalue weighted by atomic mass is 16.5. The van der Waals surface area contributed by atoms with Gasteiger partial charge in [-0.05, 0) is 38.1 Å². The van der Waals surface area contributed by atoms with Crippen LogP contribution >= 0.6 is 0 Å². The molecule has 1 atom stereocenters. The molecule has 1 unspecified atom stereocenters. The summed E-state index contributed by atoms with van der Waals surface area (Å²) in [5.74, 6) is 0.457. The van der Waals surface area contributed by atoms with Gasteiger partial charge >= 0.3 is 0 Å². The Labute approximate surface area is 126 Å². The first-order valence-corrected chi connectivity index (χ1v) is 7.50. The molecule has 1 heterocycles. The number of nitrogen functional groups attached to an aromatic ring is 1. The number of methoxy groups -OCH3 is 1. The monoisotopic (exact) mass is 291 g/mol. The lowest BCUT2D eigenvalue weighted by Gasteiger charge is -2.28. The van der Waals surface area contributed by atoms with Gasteiger partial charge in [-0.25, -0.2) is 0 Å². The standard InChI is InChI=1S/C16H25N3O2/c1-4-19-10-6-7-12(19)11-18(2)16(20)15-13(17)8-5-9-14(15)21-3/h5,8-9,12H,4,6-7,10-11,17H2,1-3H3. The quantitative estimate of drug-likeness (QED) is 0.841. The fourth-order valence-electron chi connectivity index (χ4n) is 3.06. The molecule has 5 nitrogen and oxygen atoms in total. The molecule has 1 fully saturated rings. The van der Waals surface area contributed by atoms with Crippen LogP contribution in [0.25, 0.3) is 0 Å². The van der Waals surface area contributed by atoms with Crippen LogP contribution in [0.3, 0.4) is 0 Å². The zero-order chi connectivity index (χ0) is 15.4. The molecule has 1 aliphatic rings. The van der Waals surface area contributed by atoms with E-state index in [1.807, 2.05) is 7.05 Å². The highest BCUT2D eigenvalue weighted by Crippen LogP contribution is 2.26. The number of nitrogens with two attached hydrogens (primary N) is 1. The summed E-state index contributed by atoms with van der Waals surface area (Å²) >= 11 is 0. The summed E-state index contributed by atoms with van der Waals surface area (Å²) in [5.41, 5.74) is 6.88. The van der Waals surface area contributed by atoms with Crippen LogP contribution in [0.15, 0.2) is 18.2 Å². The van der Waals surface area contributed by atoms with E-state index in [0.717, 1.165) is 26.1 Å². The minimum Gasteiger partial charge on any atom is -0.496 e. The van der Waals surface area contributed by atoms with Gasteiger partial charge in [0.05, 0.1) is 7.11 Å². The SMILES string of the molecule is CCN1CCCC1CN(C)C(=O)c1c(N)cccc1OC. The maximum Gasteiger partial charge on any atom is 0.259 e. The van der Waals surface area contributed by atoms with Crippen molar-refractivity contribution in [3.05, 3.63) is 23.8 Å². The predicted molar refractivity (Wildman–Crippen MR) is 84.6 cm³/mol. The second-order valence-corrected chi connectivity index (χ2v) is 5.53. The first-order chi connectivity index (χ1) is 10.1. The summed E-state index contributed by atoms with van der Waals surface area (Å²) in [5, 5.41) is 0. The third-order valence-electron chi connectivity index (χ3n) is 4.23. The second-order valence-electron chi connectivity index (χ2n) is 5.53. The highest BCUT2D eigenvalue weighted by Gasteiger charge is 2.27. The number of carbonyl (C=O) groups is 1. The molecular formula is C16H25N3O2. The van der Waals surface area contributed by atoms with Crippen LogP contribution < -0.4 is 10.5 Å². The van der Waals surface area contributed by atoms with Crippen LogP contribution in [-0.2, 0) is 0 Å². The average Bonchev–Trinajstić information content (AvgIpc) is 2.93. The van der Waals surface area contributed by atoms with Crippen LogP contribution in [-0.4, -0.2) is 55.5 Å². The molecule has 1 aromatic carbocycles. The van der Waals surface area contributed by atoms with Crippen molar-refractivity contribution >= 4 is 11.6 Å². The Hall–Kier alpha value is -1.75. The molecule has 0 aliphatic carbocycles. The van der Waals surface area contributed by atoms with Crippen molar-refractivity contribution in [2.45, 2.75) is 25.8 Å². The number of anilines is 1. The lowest BCUT2D eigenvalue weighted by Crippen LogP contribution is -2.41. The largest absolute Gasteiger partial charge is 0.496 e. The third-order valence-corrected chi connectivity index (χ3v) is 4.23. The Morgan fingerprint density at radius 1 is 1.52 bits per heavy atom. The summed E-state index contributed by atoms with van der Waals surface area (Å²) in [6.45, 7) is 5.05. The Kier molecular flexibility index (Phi) is 5.07. The van der Waals surface area contributed by atoms with Gasteiger partial charge in [-0.1, -0.05) is 13.0 Å². The predicted octanol–water partition coefficient (Wildman–Crippen LogP) is 1.83. The molecule has 0 spiro atoms. The first-order valence-electron chi connectivity index (χ1n) is 7.50. The number of carbonyl (C=O) groups excluding carboxylic acids is 1. The molecule has 2 rings (SSSR count). The van der Waals surface area contributed by atoms with Gasteiger partial charge in [-0.15, -0.1) is 0 Å². The van der Waals surface area contributed by atoms with Gasteiger partial charge in [0.2, 0.25) is 0 Å². The molecule has 0 radical (unpaired) electrons. The molecule has 1 saturated heterocycles. The topological polar surface area (TPSA) is 58.8 Å². The van der Waals surface area contributed by atoms with Crippen LogP contribution in [0, 0.1) is 0 Å². The minimum atomic E-state index is -0.0760. The normalized spacial score (nSPS) is 18.7. The van der Waals surface area contributed by atoms with Crippen molar-refractivity contribution < 1.29 is 9.53 Å². The number of nitrogens with zero attached hydrogens (tertiary/aromatic N) is 2. The van der Waals surface area contributed by atoms with Gasteiger partial charge in [-0.2, -0.15) is 0 Å². The van der Waals surface area contributed by atoms with Crippen LogP contribution in [0.4, 0.5) is 5.69 Å². The van der Waals surface area contributed by atoms with Crippen LogP contribution in [0.1, 0.15) is 30.1 Å². The van der Waals surface area contributed by atoms with Gasteiger partial charge in [0.25, 0.3) is 5.91 Å². The number of ether oxygens (including phenoxy) is 1. The number of hydrogen-bond donors (Lipinski definition) is 1. The van der Waals surface area contributed by atoms with E-state index < -0.39 is 0 Å². The Morgan fingerprint density at radius 3 is 2.95 bits per heavy atom. The van der Waals surface area contributed by atoms with Gasteiger partial charge in [0, 0.05) is 25.3 Å². The maximum atomic E-state index is 12.7. The van der Waals surface area contributed by atoms with Crippen molar-refractivity contribution in [3.8, 4) is 5.75 Å². The molecule has 1 aromatic rings. The van der Waals surface area contributed by atoms with Gasteiger partial charge in [0.15, 0.2) is 0 Å². The lowest BCUT2D eigenvalue weighted by molar-refractivity contribution is 0.0752.